The van der Waals surface area contributed by atoms with Gasteiger partial charge in [-0.25, -0.2) is 0 Å². The molecule has 0 aliphatic rings. The Labute approximate surface area is 173 Å². The minimum atomic E-state index is -1.86. The van der Waals surface area contributed by atoms with Gasteiger partial charge in [0.2, 0.25) is 0 Å². The molecule has 0 amide bonds. The Kier molecular flexibility index (Phi) is 6.20. The molecule has 6 nitrogen and oxygen atoms in total. The summed E-state index contributed by atoms with van der Waals surface area (Å²) in [5.74, 6) is 0. The molecule has 0 unspecified atom stereocenters. The van der Waals surface area contributed by atoms with Crippen molar-refractivity contribution in [2.75, 3.05) is 57.0 Å². The van der Waals surface area contributed by atoms with Crippen LogP contribution >= 0.6 is 0 Å². The van der Waals surface area contributed by atoms with E-state index in [-0.39, 0.29) is 0 Å². The van der Waals surface area contributed by atoms with Gasteiger partial charge < -0.3 is 0 Å². The molecule has 28 heavy (non-hydrogen) atoms. The second-order valence-corrected chi connectivity index (χ2v) is 11.3. The van der Waals surface area contributed by atoms with Gasteiger partial charge in [0.05, 0.1) is 0 Å². The van der Waals surface area contributed by atoms with Gasteiger partial charge in [-0.1, -0.05) is 0 Å². The van der Waals surface area contributed by atoms with Gasteiger partial charge in [-0.15, -0.1) is 0 Å². The summed E-state index contributed by atoms with van der Waals surface area (Å²) in [7, 11) is 12.4. The molecule has 0 spiro atoms. The van der Waals surface area contributed by atoms with Crippen LogP contribution in [0.3, 0.4) is 0 Å². The van der Waals surface area contributed by atoms with Crippen molar-refractivity contribution in [2.24, 2.45) is 0 Å². The molecular weight excluding hydrogens is 411 g/mol. The summed E-state index contributed by atoms with van der Waals surface area (Å²) in [5, 5.41) is 0. The third kappa shape index (κ3) is 4.45. The van der Waals surface area contributed by atoms with E-state index in [9.17, 15) is 0 Å². The van der Waals surface area contributed by atoms with Crippen molar-refractivity contribution in [3.63, 3.8) is 0 Å². The predicted octanol–water partition coefficient (Wildman–Crippen LogP) is 0.677. The Morgan fingerprint density at radius 1 is 0.464 bits per heavy atom. The van der Waals surface area contributed by atoms with Crippen molar-refractivity contribution >= 4 is 32.4 Å². The fourth-order valence-electron chi connectivity index (χ4n) is 2.84. The van der Waals surface area contributed by atoms with Gasteiger partial charge in [0, 0.05) is 0 Å². The van der Waals surface area contributed by atoms with Crippen molar-refractivity contribution in [1.82, 2.24) is 0 Å². The molecular formula is C21H30AsN6+3. The van der Waals surface area contributed by atoms with Gasteiger partial charge in [-0.3, -0.25) is 0 Å². The summed E-state index contributed by atoms with van der Waals surface area (Å²) in [6.45, 7) is 0. The van der Waals surface area contributed by atoms with E-state index in [0.29, 0.717) is 0 Å². The fraction of sp³-hybridized carbons (Fsp3) is 0.286. The molecule has 0 atom stereocenters. The van der Waals surface area contributed by atoms with Gasteiger partial charge in [-0.05, 0) is 0 Å². The first-order valence-electron chi connectivity index (χ1n) is 9.24. The first-order valence-corrected chi connectivity index (χ1v) is 11.8. The minimum absolute atomic E-state index is 1.20. The predicted molar refractivity (Wildman–Crippen MR) is 115 cm³/mol. The van der Waals surface area contributed by atoms with E-state index in [0.717, 1.165) is 0 Å². The van der Waals surface area contributed by atoms with Crippen molar-refractivity contribution < 1.29 is 10.5 Å². The summed E-state index contributed by atoms with van der Waals surface area (Å²) in [4.78, 5) is 6.37. The second-order valence-electron chi connectivity index (χ2n) is 7.26. The third-order valence-electron chi connectivity index (χ3n) is 4.56. The van der Waals surface area contributed by atoms with E-state index >= 15 is 0 Å². The molecule has 0 aromatic carbocycles. The Morgan fingerprint density at radius 2 is 0.679 bits per heavy atom. The van der Waals surface area contributed by atoms with Crippen LogP contribution in [0.25, 0.3) is 0 Å². The number of rotatable bonds is 6. The molecule has 3 heterocycles. The van der Waals surface area contributed by atoms with Crippen molar-refractivity contribution in [3.05, 3.63) is 73.6 Å². The topological polar surface area (TPSA) is 21.4 Å². The number of hydrogen-bond acceptors (Lipinski definition) is 3. The third-order valence-corrected chi connectivity index (χ3v) is 8.84. The maximum absolute atomic E-state index is 2.35. The van der Waals surface area contributed by atoms with E-state index in [1.54, 1.807) is 0 Å². The van der Waals surface area contributed by atoms with E-state index in [4.69, 9.17) is 0 Å². The average molecular weight is 441 g/mol. The summed E-state index contributed by atoms with van der Waals surface area (Å²) in [5.41, 5.74) is 3.60. The van der Waals surface area contributed by atoms with E-state index in [1.807, 2.05) is 0 Å². The molecule has 3 aromatic rings. The zero-order chi connectivity index (χ0) is 20.3. The Hall–Kier alpha value is -2.59. The first-order chi connectivity index (χ1) is 13.4. The van der Waals surface area contributed by atoms with Crippen molar-refractivity contribution in [2.45, 2.75) is 0 Å². The van der Waals surface area contributed by atoms with Crippen molar-refractivity contribution in [3.8, 4) is 0 Å². The molecule has 0 saturated heterocycles. The van der Waals surface area contributed by atoms with Gasteiger partial charge in [0.1, 0.15) is 0 Å². The molecule has 7 heteroatoms. The standard InChI is InChI=1S/C21H30AsN6/c1-23(2)19-7-13-26(14-8-19)22(27-15-9-20(10-16-27)24(3)4)28-17-11-21(12-18-28)25(5)6/h7-18H,1-6H3/q+3. The number of pyridine rings is 3. The van der Waals surface area contributed by atoms with Gasteiger partial charge in [-0.2, -0.15) is 0 Å². The van der Waals surface area contributed by atoms with E-state index in [1.165, 1.54) is 17.1 Å². The summed E-state index contributed by atoms with van der Waals surface area (Å²) >= 11 is -1.86. The molecule has 0 aliphatic carbocycles. The SMILES string of the molecule is CN(C)c1cc[n+]([As]([n+]2ccc(N(C)C)cc2)[n+]2ccc(N(C)C)cc2)cc1. The summed E-state index contributed by atoms with van der Waals surface area (Å²) < 4.78 is 7.06. The Balaban J connectivity index is 2.04. The molecule has 0 N–H and O–H groups in total. The van der Waals surface area contributed by atoms with Crippen LogP contribution in [0.2, 0.25) is 0 Å². The van der Waals surface area contributed by atoms with Crippen LogP contribution in [0.1, 0.15) is 0 Å². The van der Waals surface area contributed by atoms with Crippen LogP contribution in [0, 0.1) is 0 Å². The van der Waals surface area contributed by atoms with Crippen LogP contribution in [0.15, 0.2) is 73.6 Å². The molecule has 3 rings (SSSR count). The molecule has 3 aromatic heterocycles. The van der Waals surface area contributed by atoms with Crippen LogP contribution in [-0.2, 0) is 0 Å². The van der Waals surface area contributed by atoms with Crippen LogP contribution in [0.5, 0.6) is 0 Å². The summed E-state index contributed by atoms with van der Waals surface area (Å²) in [6, 6.07) is 13.0. The molecule has 0 radical (unpaired) electrons. The number of aromatic nitrogens is 3. The zero-order valence-electron chi connectivity index (χ0n) is 17.6. The second kappa shape index (κ2) is 8.61. The average Bonchev–Trinajstić information content (AvgIpc) is 2.69. The molecule has 146 valence electrons. The summed E-state index contributed by atoms with van der Waals surface area (Å²) in [6.07, 6.45) is 13.1. The molecule has 0 fully saturated rings. The zero-order valence-corrected chi connectivity index (χ0v) is 19.4. The quantitative estimate of drug-likeness (QED) is 0.525. The number of anilines is 3. The Morgan fingerprint density at radius 3 is 0.857 bits per heavy atom. The van der Waals surface area contributed by atoms with E-state index in [2.05, 4.69) is 141 Å². The van der Waals surface area contributed by atoms with Crippen LogP contribution < -0.4 is 25.2 Å². The van der Waals surface area contributed by atoms with E-state index < -0.39 is 15.3 Å². The first kappa shape index (κ1) is 20.2. The molecule has 0 saturated carbocycles. The maximum atomic E-state index is 2.35. The van der Waals surface area contributed by atoms with Crippen molar-refractivity contribution in [1.29, 1.82) is 0 Å². The molecule has 0 aliphatic heterocycles. The van der Waals surface area contributed by atoms with Gasteiger partial charge in [0.15, 0.2) is 0 Å². The monoisotopic (exact) mass is 441 g/mol. The van der Waals surface area contributed by atoms with Crippen LogP contribution in [-0.4, -0.2) is 57.6 Å². The Bertz CT molecular complexity index is 767. The number of hydrogen-bond donors (Lipinski definition) is 0. The normalized spacial score (nSPS) is 10.8. The van der Waals surface area contributed by atoms with Gasteiger partial charge in [0.25, 0.3) is 0 Å². The van der Waals surface area contributed by atoms with Crippen LogP contribution in [0.4, 0.5) is 17.1 Å². The number of nitrogens with zero attached hydrogens (tertiary/aromatic N) is 6. The van der Waals surface area contributed by atoms with Gasteiger partial charge >= 0.3 is 173 Å². The fourth-order valence-corrected chi connectivity index (χ4v) is 6.68. The molecule has 0 bridgehead atoms.